The molecule has 0 radical (unpaired) electrons. The summed E-state index contributed by atoms with van der Waals surface area (Å²) >= 11 is 1.58. The van der Waals surface area contributed by atoms with Gasteiger partial charge in [-0.1, -0.05) is 42.1 Å². The van der Waals surface area contributed by atoms with E-state index in [0.29, 0.717) is 12.2 Å². The number of thioether (sulfide) groups is 1. The summed E-state index contributed by atoms with van der Waals surface area (Å²) in [7, 11) is 1.62. The number of hydrogen-bond donors (Lipinski definition) is 1. The number of carbonyl (C=O) groups excluding carboxylic acids is 1. The molecule has 1 aromatic heterocycles. The van der Waals surface area contributed by atoms with E-state index in [1.54, 1.807) is 18.9 Å². The summed E-state index contributed by atoms with van der Waals surface area (Å²) in [6.45, 7) is 3.79. The Morgan fingerprint density at radius 3 is 2.50 bits per heavy atom. The van der Waals surface area contributed by atoms with E-state index >= 15 is 0 Å². The molecule has 1 fully saturated rings. The van der Waals surface area contributed by atoms with Crippen LogP contribution in [0.2, 0.25) is 0 Å². The fourth-order valence-electron chi connectivity index (χ4n) is 3.74. The quantitative estimate of drug-likeness (QED) is 0.469. The molecule has 1 saturated heterocycles. The lowest BCUT2D eigenvalue weighted by atomic mass is 10.2. The molecule has 2 heterocycles. The predicted molar refractivity (Wildman–Crippen MR) is 127 cm³/mol. The summed E-state index contributed by atoms with van der Waals surface area (Å²) in [6, 6.07) is 17.7. The van der Waals surface area contributed by atoms with Crippen molar-refractivity contribution in [3.63, 3.8) is 0 Å². The fourth-order valence-corrected chi connectivity index (χ4v) is 4.64. The van der Waals surface area contributed by atoms with Crippen molar-refractivity contribution in [3.8, 4) is 5.75 Å². The van der Waals surface area contributed by atoms with Crippen molar-refractivity contribution in [3.05, 3.63) is 66.0 Å². The van der Waals surface area contributed by atoms with Crippen LogP contribution in [0.3, 0.4) is 0 Å². The number of likely N-dealkylation sites (tertiary alicyclic amines) is 1. The average molecular weight is 452 g/mol. The first-order chi connectivity index (χ1) is 15.7. The Labute approximate surface area is 193 Å². The van der Waals surface area contributed by atoms with E-state index in [0.717, 1.165) is 48.6 Å². The van der Waals surface area contributed by atoms with E-state index in [4.69, 9.17) is 4.74 Å². The Bertz CT molecular complexity index is 1000. The molecule has 2 aromatic carbocycles. The number of hydrogen-bond acceptors (Lipinski definition) is 6. The van der Waals surface area contributed by atoms with Crippen LogP contribution in [0.1, 0.15) is 30.7 Å². The zero-order valence-corrected chi connectivity index (χ0v) is 19.2. The van der Waals surface area contributed by atoms with Crippen LogP contribution in [0.15, 0.2) is 59.8 Å². The van der Waals surface area contributed by atoms with Gasteiger partial charge in [-0.25, -0.2) is 0 Å². The van der Waals surface area contributed by atoms with Gasteiger partial charge in [0.2, 0.25) is 5.91 Å². The molecule has 4 rings (SSSR count). The Morgan fingerprint density at radius 2 is 1.78 bits per heavy atom. The van der Waals surface area contributed by atoms with E-state index in [1.807, 2.05) is 30.3 Å². The third-order valence-electron chi connectivity index (χ3n) is 5.47. The number of nitrogens with zero attached hydrogens (tertiary/aromatic N) is 4. The summed E-state index contributed by atoms with van der Waals surface area (Å²) in [5.41, 5.74) is 1.98. The number of anilines is 1. The van der Waals surface area contributed by atoms with Crippen LogP contribution < -0.4 is 10.1 Å². The third-order valence-corrected chi connectivity index (χ3v) is 6.44. The number of nitrogens with one attached hydrogen (secondary N) is 1. The first-order valence-electron chi connectivity index (χ1n) is 11.0. The number of benzene rings is 2. The Balaban J connectivity index is 1.37. The number of amides is 1. The first-order valence-corrected chi connectivity index (χ1v) is 11.9. The highest BCUT2D eigenvalue weighted by molar-refractivity contribution is 7.99. The number of aromatic nitrogens is 3. The number of methoxy groups -OCH3 is 1. The smallest absolute Gasteiger partial charge is 0.225 e. The van der Waals surface area contributed by atoms with E-state index in [-0.39, 0.29) is 5.91 Å². The maximum absolute atomic E-state index is 12.4. The minimum absolute atomic E-state index is 0.0194. The van der Waals surface area contributed by atoms with E-state index in [1.165, 1.54) is 18.4 Å². The molecule has 0 spiro atoms. The van der Waals surface area contributed by atoms with Gasteiger partial charge in [-0.05, 0) is 55.8 Å². The van der Waals surface area contributed by atoms with Crippen molar-refractivity contribution < 1.29 is 9.53 Å². The van der Waals surface area contributed by atoms with Crippen LogP contribution in [0.5, 0.6) is 5.75 Å². The van der Waals surface area contributed by atoms with Crippen LogP contribution in [-0.2, 0) is 17.9 Å². The first kappa shape index (κ1) is 22.4. The normalized spacial score (nSPS) is 13.9. The van der Waals surface area contributed by atoms with Crippen molar-refractivity contribution in [2.45, 2.75) is 37.5 Å². The Hall–Kier alpha value is -2.84. The highest BCUT2D eigenvalue weighted by Gasteiger charge is 2.19. The van der Waals surface area contributed by atoms with Crippen LogP contribution in [0.4, 0.5) is 5.69 Å². The molecule has 3 aromatic rings. The standard InChI is InChI=1S/C24H29N5O2S/c1-31-21-11-9-20(10-12-21)25-23(30)13-16-32-24-27-26-22(18-28-14-5-6-15-28)29(24)17-19-7-3-2-4-8-19/h2-4,7-12H,5-6,13-18H2,1H3,(H,25,30). The molecule has 168 valence electrons. The van der Waals surface area contributed by atoms with Crippen LogP contribution in [0.25, 0.3) is 0 Å². The molecule has 0 bridgehead atoms. The average Bonchev–Trinajstić information content (AvgIpc) is 3.46. The van der Waals surface area contributed by atoms with E-state index in [2.05, 4.69) is 49.2 Å². The number of carbonyl (C=O) groups is 1. The molecule has 7 nitrogen and oxygen atoms in total. The molecule has 0 saturated carbocycles. The van der Waals surface area contributed by atoms with Gasteiger partial charge in [-0.2, -0.15) is 0 Å². The van der Waals surface area contributed by atoms with Crippen molar-refractivity contribution in [2.24, 2.45) is 0 Å². The lowest BCUT2D eigenvalue weighted by molar-refractivity contribution is -0.115. The summed E-state index contributed by atoms with van der Waals surface area (Å²) in [5.74, 6) is 2.37. The second kappa shape index (κ2) is 11.2. The molecular formula is C24H29N5O2S. The largest absolute Gasteiger partial charge is 0.497 e. The number of rotatable bonds is 10. The van der Waals surface area contributed by atoms with Gasteiger partial charge in [0.05, 0.1) is 20.2 Å². The summed E-state index contributed by atoms with van der Waals surface area (Å²) < 4.78 is 7.35. The second-order valence-electron chi connectivity index (χ2n) is 7.83. The minimum atomic E-state index is -0.0194. The summed E-state index contributed by atoms with van der Waals surface area (Å²) in [4.78, 5) is 14.8. The second-order valence-corrected chi connectivity index (χ2v) is 8.89. The van der Waals surface area contributed by atoms with Crippen LogP contribution in [0, 0.1) is 0 Å². The molecule has 1 aliphatic heterocycles. The maximum Gasteiger partial charge on any atom is 0.225 e. The Kier molecular flexibility index (Phi) is 7.79. The molecule has 0 aliphatic carbocycles. The molecule has 1 N–H and O–H groups in total. The van der Waals surface area contributed by atoms with Gasteiger partial charge in [-0.3, -0.25) is 9.69 Å². The molecular weight excluding hydrogens is 422 g/mol. The molecule has 8 heteroatoms. The van der Waals surface area contributed by atoms with Gasteiger partial charge in [0.15, 0.2) is 5.16 Å². The van der Waals surface area contributed by atoms with Crippen molar-refractivity contribution in [1.29, 1.82) is 0 Å². The molecule has 1 amide bonds. The number of ether oxygens (including phenoxy) is 1. The minimum Gasteiger partial charge on any atom is -0.497 e. The molecule has 1 aliphatic rings. The van der Waals surface area contributed by atoms with Gasteiger partial charge < -0.3 is 14.6 Å². The predicted octanol–water partition coefficient (Wildman–Crippen LogP) is 4.05. The van der Waals surface area contributed by atoms with Crippen molar-refractivity contribution in [1.82, 2.24) is 19.7 Å². The maximum atomic E-state index is 12.4. The van der Waals surface area contributed by atoms with Crippen molar-refractivity contribution >= 4 is 23.4 Å². The highest BCUT2D eigenvalue weighted by atomic mass is 32.2. The van der Waals surface area contributed by atoms with Crippen LogP contribution >= 0.6 is 11.8 Å². The van der Waals surface area contributed by atoms with Crippen LogP contribution in [-0.4, -0.2) is 51.5 Å². The fraction of sp³-hybridized carbons (Fsp3) is 0.375. The SMILES string of the molecule is COc1ccc(NC(=O)CCSc2nnc(CN3CCCC3)n2Cc2ccccc2)cc1. The summed E-state index contributed by atoms with van der Waals surface area (Å²) in [6.07, 6.45) is 2.89. The van der Waals surface area contributed by atoms with Gasteiger partial charge in [-0.15, -0.1) is 10.2 Å². The van der Waals surface area contributed by atoms with Gasteiger partial charge in [0.1, 0.15) is 11.6 Å². The third kappa shape index (κ3) is 6.11. The molecule has 0 atom stereocenters. The van der Waals surface area contributed by atoms with Gasteiger partial charge in [0, 0.05) is 17.9 Å². The molecule has 0 unspecified atom stereocenters. The topological polar surface area (TPSA) is 72.3 Å². The van der Waals surface area contributed by atoms with Crippen molar-refractivity contribution in [2.75, 3.05) is 31.3 Å². The van der Waals surface area contributed by atoms with Gasteiger partial charge >= 0.3 is 0 Å². The Morgan fingerprint density at radius 1 is 1.03 bits per heavy atom. The van der Waals surface area contributed by atoms with Gasteiger partial charge in [0.25, 0.3) is 0 Å². The highest BCUT2D eigenvalue weighted by Crippen LogP contribution is 2.22. The lowest BCUT2D eigenvalue weighted by Crippen LogP contribution is -2.21. The monoisotopic (exact) mass is 451 g/mol. The van der Waals surface area contributed by atoms with E-state index in [9.17, 15) is 4.79 Å². The molecule has 32 heavy (non-hydrogen) atoms. The summed E-state index contributed by atoms with van der Waals surface area (Å²) in [5, 5.41) is 12.7. The zero-order valence-electron chi connectivity index (χ0n) is 18.4. The van der Waals surface area contributed by atoms with E-state index < -0.39 is 0 Å². The lowest BCUT2D eigenvalue weighted by Gasteiger charge is -2.16. The zero-order chi connectivity index (χ0) is 22.2.